The highest BCUT2D eigenvalue weighted by Crippen LogP contribution is 2.23. The van der Waals surface area contributed by atoms with Crippen molar-refractivity contribution in [3.63, 3.8) is 0 Å². The molecule has 2 aromatic carbocycles. The Hall–Kier alpha value is -2.15. The number of ether oxygens (including phenoxy) is 1. The molecule has 0 amide bonds. The van der Waals surface area contributed by atoms with E-state index in [0.29, 0.717) is 5.02 Å². The third kappa shape index (κ3) is 4.92. The molecule has 25 heavy (non-hydrogen) atoms. The maximum absolute atomic E-state index is 12.5. The van der Waals surface area contributed by atoms with Gasteiger partial charge >= 0.3 is 5.97 Å². The summed E-state index contributed by atoms with van der Waals surface area (Å²) in [5, 5.41) is 0.628. The van der Waals surface area contributed by atoms with E-state index < -0.39 is 22.0 Å². The predicted molar refractivity (Wildman–Crippen MR) is 97.8 cm³/mol. The molecule has 0 saturated carbocycles. The van der Waals surface area contributed by atoms with Crippen molar-refractivity contribution in [2.45, 2.75) is 17.4 Å². The number of rotatable bonds is 7. The number of carbonyl (C=O) groups is 1. The second-order valence-electron chi connectivity index (χ2n) is 5.25. The van der Waals surface area contributed by atoms with Gasteiger partial charge in [0.1, 0.15) is 6.04 Å². The van der Waals surface area contributed by atoms with Crippen LogP contribution in [0, 0.1) is 0 Å². The Labute approximate surface area is 152 Å². The minimum Gasteiger partial charge on any atom is -0.468 e. The minimum absolute atomic E-state index is 0.0585. The van der Waals surface area contributed by atoms with Crippen LogP contribution in [0.2, 0.25) is 5.02 Å². The van der Waals surface area contributed by atoms with Gasteiger partial charge in [0.2, 0.25) is 10.0 Å². The van der Waals surface area contributed by atoms with Crippen LogP contribution in [0.4, 0.5) is 0 Å². The summed E-state index contributed by atoms with van der Waals surface area (Å²) >= 11 is 5.86. The van der Waals surface area contributed by atoms with Gasteiger partial charge in [-0.25, -0.2) is 8.42 Å². The van der Waals surface area contributed by atoms with Gasteiger partial charge in [0, 0.05) is 5.02 Å². The van der Waals surface area contributed by atoms with Crippen LogP contribution in [0.15, 0.2) is 66.1 Å². The normalized spacial score (nSPS) is 12.4. The molecule has 0 heterocycles. The summed E-state index contributed by atoms with van der Waals surface area (Å²) in [6.07, 6.45) is 1.59. The number of carbonyl (C=O) groups excluding carboxylic acids is 1. The Bertz CT molecular complexity index is 846. The molecule has 0 saturated heterocycles. The Morgan fingerprint density at radius 1 is 1.16 bits per heavy atom. The number of halogens is 1. The average Bonchev–Trinajstić information content (AvgIpc) is 2.61. The third-order valence-electron chi connectivity index (χ3n) is 3.53. The number of methoxy groups -OCH3 is 1. The molecule has 2 aromatic rings. The van der Waals surface area contributed by atoms with Crippen molar-refractivity contribution in [3.05, 3.63) is 66.2 Å². The van der Waals surface area contributed by atoms with Crippen molar-refractivity contribution >= 4 is 27.6 Å². The largest absolute Gasteiger partial charge is 0.468 e. The summed E-state index contributed by atoms with van der Waals surface area (Å²) in [5.41, 5.74) is 1.77. The van der Waals surface area contributed by atoms with E-state index in [2.05, 4.69) is 16.0 Å². The van der Waals surface area contributed by atoms with Gasteiger partial charge in [0.25, 0.3) is 0 Å². The smallest absolute Gasteiger partial charge is 0.324 e. The fourth-order valence-corrected chi connectivity index (χ4v) is 3.55. The highest BCUT2D eigenvalue weighted by atomic mass is 35.5. The SMILES string of the molecule is C=CC[C@@H](NS(=O)(=O)c1ccc(-c2ccc(Cl)cc2)cc1)[12C](=O)OC. The van der Waals surface area contributed by atoms with Crippen molar-refractivity contribution < 1.29 is 17.9 Å². The van der Waals surface area contributed by atoms with E-state index in [9.17, 15) is 13.2 Å². The molecule has 2 rings (SSSR count). The monoisotopic (exact) mass is 379 g/mol. The molecule has 0 aromatic heterocycles. The maximum atomic E-state index is 12.5. The molecule has 0 aliphatic rings. The standard InChI is InChI=1S/C18H18ClNO4S/c1-3-4-17(18(21)24-2)20-25(22,23)16-11-7-14(8-12-16)13-5-9-15(19)10-6-13/h3,5-12,17,20H,1,4H2,2H3/t17-/m1/s1/i18+0. The summed E-state index contributed by atoms with van der Waals surface area (Å²) in [6, 6.07) is 12.6. The summed E-state index contributed by atoms with van der Waals surface area (Å²) in [4.78, 5) is 11.7. The van der Waals surface area contributed by atoms with Crippen LogP contribution in [-0.4, -0.2) is 27.5 Å². The van der Waals surface area contributed by atoms with Gasteiger partial charge in [-0.05, 0) is 41.8 Å². The summed E-state index contributed by atoms with van der Waals surface area (Å²) in [5.74, 6) is -0.666. The Morgan fingerprint density at radius 2 is 1.68 bits per heavy atom. The third-order valence-corrected chi connectivity index (χ3v) is 5.27. The molecule has 1 N–H and O–H groups in total. The number of nitrogens with one attached hydrogen (secondary N) is 1. The van der Waals surface area contributed by atoms with E-state index >= 15 is 0 Å². The molecule has 0 spiro atoms. The molecular weight excluding hydrogens is 362 g/mol. The van der Waals surface area contributed by atoms with Crippen LogP contribution < -0.4 is 4.72 Å². The van der Waals surface area contributed by atoms with E-state index in [-0.39, 0.29) is 11.3 Å². The first-order valence-corrected chi connectivity index (χ1v) is 9.30. The van der Waals surface area contributed by atoms with Crippen molar-refractivity contribution in [2.75, 3.05) is 7.11 Å². The van der Waals surface area contributed by atoms with E-state index in [0.717, 1.165) is 11.1 Å². The van der Waals surface area contributed by atoms with Crippen LogP contribution in [0.5, 0.6) is 0 Å². The summed E-state index contributed by atoms with van der Waals surface area (Å²) in [7, 11) is -2.66. The number of benzene rings is 2. The molecule has 0 radical (unpaired) electrons. The van der Waals surface area contributed by atoms with E-state index in [1.807, 2.05) is 12.1 Å². The van der Waals surface area contributed by atoms with Crippen molar-refractivity contribution in [1.29, 1.82) is 0 Å². The summed E-state index contributed by atoms with van der Waals surface area (Å²) < 4.78 is 31.9. The van der Waals surface area contributed by atoms with E-state index in [1.54, 1.807) is 24.3 Å². The van der Waals surface area contributed by atoms with Crippen molar-refractivity contribution in [2.24, 2.45) is 0 Å². The van der Waals surface area contributed by atoms with E-state index in [4.69, 9.17) is 11.6 Å². The number of sulfonamides is 1. The number of hydrogen-bond acceptors (Lipinski definition) is 4. The lowest BCUT2D eigenvalue weighted by Crippen LogP contribution is -2.41. The molecule has 7 heteroatoms. The number of hydrogen-bond donors (Lipinski definition) is 1. The molecule has 5 nitrogen and oxygen atoms in total. The lowest BCUT2D eigenvalue weighted by molar-refractivity contribution is -0.142. The van der Waals surface area contributed by atoms with Gasteiger partial charge in [0.15, 0.2) is 0 Å². The number of esters is 1. The highest BCUT2D eigenvalue weighted by Gasteiger charge is 2.25. The summed E-state index contributed by atoms with van der Waals surface area (Å²) in [6.45, 7) is 3.52. The minimum atomic E-state index is -3.86. The van der Waals surface area contributed by atoms with Crippen LogP contribution in [0.25, 0.3) is 11.1 Å². The second-order valence-corrected chi connectivity index (χ2v) is 7.40. The average molecular weight is 380 g/mol. The fraction of sp³-hybridized carbons (Fsp3) is 0.167. The van der Waals surface area contributed by atoms with Gasteiger partial charge in [-0.1, -0.05) is 41.9 Å². The van der Waals surface area contributed by atoms with Crippen molar-refractivity contribution in [1.82, 2.24) is 4.72 Å². The van der Waals surface area contributed by atoms with Gasteiger partial charge in [0.05, 0.1) is 12.0 Å². The van der Waals surface area contributed by atoms with Gasteiger partial charge in [-0.3, -0.25) is 4.79 Å². The predicted octanol–water partition coefficient (Wildman–Crippen LogP) is 3.40. The van der Waals surface area contributed by atoms with Gasteiger partial charge in [-0.2, -0.15) is 4.72 Å². The fourth-order valence-electron chi connectivity index (χ4n) is 2.23. The Morgan fingerprint density at radius 3 is 2.16 bits per heavy atom. The van der Waals surface area contributed by atoms with Gasteiger partial charge in [-0.15, -0.1) is 6.58 Å². The molecule has 132 valence electrons. The first kappa shape index (κ1) is 19.2. The molecule has 0 fully saturated rings. The molecular formula is C18H18ClNO4S. The quantitative estimate of drug-likeness (QED) is 0.591. The maximum Gasteiger partial charge on any atom is 0.324 e. The topological polar surface area (TPSA) is 72.5 Å². The van der Waals surface area contributed by atoms with Crippen molar-refractivity contribution in [3.8, 4) is 11.1 Å². The highest BCUT2D eigenvalue weighted by molar-refractivity contribution is 7.89. The molecule has 0 unspecified atom stereocenters. The molecule has 1 atom stereocenters. The van der Waals surface area contributed by atoms with E-state index in [1.165, 1.54) is 25.3 Å². The Kier molecular flexibility index (Phi) is 6.36. The zero-order valence-corrected chi connectivity index (χ0v) is 15.2. The lowest BCUT2D eigenvalue weighted by atomic mass is 10.1. The molecule has 0 aliphatic carbocycles. The Balaban J connectivity index is 2.23. The first-order valence-electron chi connectivity index (χ1n) is 7.44. The lowest BCUT2D eigenvalue weighted by Gasteiger charge is -2.15. The van der Waals surface area contributed by atoms with Crippen LogP contribution in [0.1, 0.15) is 6.42 Å². The second kappa shape index (κ2) is 8.29. The zero-order chi connectivity index (χ0) is 18.4. The van der Waals surface area contributed by atoms with Crippen LogP contribution in [0.3, 0.4) is 0 Å². The first-order chi connectivity index (χ1) is 11.9. The van der Waals surface area contributed by atoms with Crippen LogP contribution in [-0.2, 0) is 19.6 Å². The zero-order valence-electron chi connectivity index (χ0n) is 13.6. The van der Waals surface area contributed by atoms with Gasteiger partial charge < -0.3 is 4.74 Å². The van der Waals surface area contributed by atoms with Crippen LogP contribution >= 0.6 is 11.6 Å². The molecule has 0 bridgehead atoms. The molecule has 0 aliphatic heterocycles.